The summed E-state index contributed by atoms with van der Waals surface area (Å²) in [4.78, 5) is 4.11. The van der Waals surface area contributed by atoms with Gasteiger partial charge in [0.2, 0.25) is 0 Å². The highest BCUT2D eigenvalue weighted by Gasteiger charge is 2.02. The number of hydrogen-bond acceptors (Lipinski definition) is 2. The number of benzene rings is 1. The number of hydrogen-bond donors (Lipinski definition) is 0. The molecule has 1 aromatic carbocycles. The molecule has 0 unspecified atom stereocenters. The third-order valence-corrected chi connectivity index (χ3v) is 2.13. The molecular weight excluding hydrogens is 142 g/mol. The molecule has 0 saturated carbocycles. The summed E-state index contributed by atoms with van der Waals surface area (Å²) in [5, 5.41) is 0. The molecule has 2 heteroatoms. The summed E-state index contributed by atoms with van der Waals surface area (Å²) in [5.74, 6) is 1.01. The first kappa shape index (κ1) is 5.98. The number of para-hydroxylation sites is 1. The number of rotatable bonds is 0. The van der Waals surface area contributed by atoms with Gasteiger partial charge in [0.15, 0.2) is 0 Å². The summed E-state index contributed by atoms with van der Waals surface area (Å²) in [6, 6.07) is 8.16. The van der Waals surface area contributed by atoms with Gasteiger partial charge in [-0.25, -0.2) is 4.99 Å². The van der Waals surface area contributed by atoms with Gasteiger partial charge in [-0.1, -0.05) is 30.0 Å². The second kappa shape index (κ2) is 2.46. The summed E-state index contributed by atoms with van der Waals surface area (Å²) < 4.78 is 0. The molecule has 1 nitrogen and oxygen atoms in total. The molecule has 1 aliphatic heterocycles. The van der Waals surface area contributed by atoms with Crippen molar-refractivity contribution in [3.05, 3.63) is 29.8 Å². The van der Waals surface area contributed by atoms with Crippen LogP contribution < -0.4 is 0 Å². The maximum Gasteiger partial charge on any atom is 0.129 e. The zero-order valence-electron chi connectivity index (χ0n) is 5.37. The molecule has 0 N–H and O–H groups in total. The van der Waals surface area contributed by atoms with Gasteiger partial charge in [0.1, 0.15) is 5.55 Å². The molecule has 0 aromatic heterocycles. The predicted octanol–water partition coefficient (Wildman–Crippen LogP) is 2.47. The Morgan fingerprint density at radius 1 is 1.40 bits per heavy atom. The van der Waals surface area contributed by atoms with Crippen LogP contribution in [0.25, 0.3) is 0 Å². The number of fused-ring (bicyclic) bond motifs is 1. The van der Waals surface area contributed by atoms with Crippen LogP contribution in [0, 0.1) is 0 Å². The van der Waals surface area contributed by atoms with E-state index in [9.17, 15) is 0 Å². The predicted molar refractivity (Wildman–Crippen MR) is 44.8 cm³/mol. The average molecular weight is 148 g/mol. The quantitative estimate of drug-likeness (QED) is 0.550. The van der Waals surface area contributed by atoms with E-state index in [2.05, 4.69) is 16.6 Å². The Morgan fingerprint density at radius 3 is 3.20 bits per heavy atom. The minimum Gasteiger partial charge on any atom is -0.239 e. The van der Waals surface area contributed by atoms with Crippen LogP contribution in [0.4, 0.5) is 5.69 Å². The standard InChI is InChI=1S/C8H6NS/c1-2-4-8-7(3-1)5-10-6-9-8/h1-4H,5H2. The van der Waals surface area contributed by atoms with Crippen LogP contribution in [-0.4, -0.2) is 5.55 Å². The molecule has 49 valence electrons. The summed E-state index contributed by atoms with van der Waals surface area (Å²) >= 11 is 1.62. The van der Waals surface area contributed by atoms with Crippen LogP contribution in [0.5, 0.6) is 0 Å². The number of thioether (sulfide) groups is 1. The Morgan fingerprint density at radius 2 is 2.30 bits per heavy atom. The van der Waals surface area contributed by atoms with Gasteiger partial charge in [-0.05, 0) is 11.6 Å². The van der Waals surface area contributed by atoms with Crippen molar-refractivity contribution in [1.29, 1.82) is 0 Å². The molecule has 0 spiro atoms. The van der Waals surface area contributed by atoms with Crippen molar-refractivity contribution in [2.45, 2.75) is 5.75 Å². The van der Waals surface area contributed by atoms with Crippen molar-refractivity contribution in [1.82, 2.24) is 0 Å². The molecule has 0 amide bonds. The van der Waals surface area contributed by atoms with Crippen LogP contribution in [0.2, 0.25) is 0 Å². The molecule has 10 heavy (non-hydrogen) atoms. The van der Waals surface area contributed by atoms with Crippen LogP contribution >= 0.6 is 11.8 Å². The van der Waals surface area contributed by atoms with Crippen molar-refractivity contribution in [2.24, 2.45) is 4.99 Å². The molecule has 1 aliphatic rings. The fourth-order valence-corrected chi connectivity index (χ4v) is 1.56. The minimum absolute atomic E-state index is 1.01. The van der Waals surface area contributed by atoms with E-state index in [1.165, 1.54) is 5.56 Å². The van der Waals surface area contributed by atoms with Gasteiger partial charge in [0.05, 0.1) is 5.69 Å². The highest BCUT2D eigenvalue weighted by Crippen LogP contribution is 2.26. The number of aliphatic imine (C=N–C) groups is 1. The van der Waals surface area contributed by atoms with E-state index in [4.69, 9.17) is 0 Å². The van der Waals surface area contributed by atoms with Crippen molar-refractivity contribution < 1.29 is 0 Å². The lowest BCUT2D eigenvalue weighted by Crippen LogP contribution is -1.85. The van der Waals surface area contributed by atoms with Gasteiger partial charge in [-0.15, -0.1) is 0 Å². The van der Waals surface area contributed by atoms with Crippen molar-refractivity contribution in [3.63, 3.8) is 0 Å². The van der Waals surface area contributed by atoms with Crippen LogP contribution in [0.1, 0.15) is 5.56 Å². The summed E-state index contributed by atoms with van der Waals surface area (Å²) in [7, 11) is 0. The molecule has 2 rings (SSSR count). The lowest BCUT2D eigenvalue weighted by molar-refractivity contribution is 1.36. The summed E-state index contributed by atoms with van der Waals surface area (Å²) in [5.41, 5.74) is 5.26. The molecule has 0 saturated heterocycles. The van der Waals surface area contributed by atoms with E-state index in [0.29, 0.717) is 0 Å². The normalized spacial score (nSPS) is 14.8. The Bertz CT molecular complexity index is 268. The lowest BCUT2D eigenvalue weighted by atomic mass is 10.2. The third-order valence-electron chi connectivity index (χ3n) is 1.45. The number of nitrogens with zero attached hydrogens (tertiary/aromatic N) is 1. The fraction of sp³-hybridized carbons (Fsp3) is 0.125. The smallest absolute Gasteiger partial charge is 0.129 e. The lowest BCUT2D eigenvalue weighted by Gasteiger charge is -2.05. The third kappa shape index (κ3) is 0.948. The van der Waals surface area contributed by atoms with Gasteiger partial charge in [0, 0.05) is 5.75 Å². The van der Waals surface area contributed by atoms with Gasteiger partial charge in [-0.2, -0.15) is 0 Å². The largest absolute Gasteiger partial charge is 0.239 e. The monoisotopic (exact) mass is 148 g/mol. The Labute approximate surface area is 64.2 Å². The zero-order chi connectivity index (χ0) is 6.81. The fourth-order valence-electron chi connectivity index (χ4n) is 0.933. The molecule has 1 aromatic rings. The maximum absolute atomic E-state index is 4.11. The SMILES string of the molecule is [C]1=Nc2ccccc2CS1. The van der Waals surface area contributed by atoms with E-state index in [1.54, 1.807) is 11.8 Å². The molecule has 0 aliphatic carbocycles. The Balaban J connectivity index is 2.54. The van der Waals surface area contributed by atoms with E-state index >= 15 is 0 Å². The first-order valence-electron chi connectivity index (χ1n) is 3.12. The Kier molecular flexibility index (Phi) is 1.47. The summed E-state index contributed by atoms with van der Waals surface area (Å²) in [6.07, 6.45) is 0. The highest BCUT2D eigenvalue weighted by atomic mass is 32.2. The first-order chi connectivity index (χ1) is 4.97. The molecule has 0 bridgehead atoms. The van der Waals surface area contributed by atoms with Gasteiger partial charge in [0.25, 0.3) is 0 Å². The highest BCUT2D eigenvalue weighted by molar-refractivity contribution is 8.11. The Hall–Kier alpha value is -0.760. The van der Waals surface area contributed by atoms with Gasteiger partial charge in [-0.3, -0.25) is 0 Å². The molecule has 0 atom stereocenters. The second-order valence-electron chi connectivity index (χ2n) is 2.12. The topological polar surface area (TPSA) is 12.4 Å². The van der Waals surface area contributed by atoms with E-state index < -0.39 is 0 Å². The zero-order valence-corrected chi connectivity index (χ0v) is 6.19. The van der Waals surface area contributed by atoms with Crippen LogP contribution in [0.3, 0.4) is 0 Å². The van der Waals surface area contributed by atoms with Gasteiger partial charge >= 0.3 is 0 Å². The van der Waals surface area contributed by atoms with Crippen LogP contribution in [0.15, 0.2) is 29.3 Å². The van der Waals surface area contributed by atoms with E-state index in [0.717, 1.165) is 11.4 Å². The van der Waals surface area contributed by atoms with E-state index in [1.807, 2.05) is 18.2 Å². The van der Waals surface area contributed by atoms with Crippen molar-refractivity contribution in [2.75, 3.05) is 0 Å². The molecule has 1 heterocycles. The van der Waals surface area contributed by atoms with Gasteiger partial charge < -0.3 is 0 Å². The molecular formula is C8H6NS. The first-order valence-corrected chi connectivity index (χ1v) is 4.11. The second-order valence-corrected chi connectivity index (χ2v) is 2.88. The van der Waals surface area contributed by atoms with E-state index in [-0.39, 0.29) is 0 Å². The van der Waals surface area contributed by atoms with Crippen molar-refractivity contribution in [3.8, 4) is 0 Å². The molecule has 0 fully saturated rings. The average Bonchev–Trinajstić information content (AvgIpc) is 2.05. The maximum atomic E-state index is 4.11. The van der Waals surface area contributed by atoms with Crippen molar-refractivity contribution >= 4 is 23.0 Å². The van der Waals surface area contributed by atoms with Crippen LogP contribution in [-0.2, 0) is 5.75 Å². The molecule has 1 radical (unpaired) electrons. The summed E-state index contributed by atoms with van der Waals surface area (Å²) in [6.45, 7) is 0. The minimum atomic E-state index is 1.01.